The van der Waals surface area contributed by atoms with Gasteiger partial charge in [0.25, 0.3) is 0 Å². The molecule has 1 rings (SSSR count). The summed E-state index contributed by atoms with van der Waals surface area (Å²) < 4.78 is 26.9. The van der Waals surface area contributed by atoms with Crippen molar-refractivity contribution in [2.24, 2.45) is 0 Å². The van der Waals surface area contributed by atoms with Crippen LogP contribution in [0.25, 0.3) is 0 Å². The van der Waals surface area contributed by atoms with Crippen LogP contribution in [0.3, 0.4) is 0 Å². The van der Waals surface area contributed by atoms with E-state index < -0.39 is 9.84 Å². The first-order chi connectivity index (χ1) is 8.47. The molecule has 1 aliphatic rings. The van der Waals surface area contributed by atoms with Gasteiger partial charge in [-0.3, -0.25) is 4.79 Å². The highest BCUT2D eigenvalue weighted by Gasteiger charge is 2.15. The van der Waals surface area contributed by atoms with E-state index in [4.69, 9.17) is 4.74 Å². The van der Waals surface area contributed by atoms with E-state index >= 15 is 0 Å². The average molecular weight is 278 g/mol. The van der Waals surface area contributed by atoms with Crippen molar-refractivity contribution in [2.45, 2.75) is 25.3 Å². The maximum absolute atomic E-state index is 11.5. The van der Waals surface area contributed by atoms with Crippen LogP contribution in [0.5, 0.6) is 0 Å². The number of amides is 1. The molecular weight excluding hydrogens is 256 g/mol. The Kier molecular flexibility index (Phi) is 6.59. The van der Waals surface area contributed by atoms with Crippen molar-refractivity contribution in [2.75, 3.05) is 38.3 Å². The molecule has 1 amide bonds. The molecule has 0 bridgehead atoms. The highest BCUT2D eigenvalue weighted by molar-refractivity contribution is 7.90. The second-order valence-corrected chi connectivity index (χ2v) is 6.87. The van der Waals surface area contributed by atoms with E-state index in [1.807, 2.05) is 0 Å². The lowest BCUT2D eigenvalue weighted by Gasteiger charge is -2.23. The molecule has 18 heavy (non-hydrogen) atoms. The minimum absolute atomic E-state index is 0.0405. The molecule has 2 N–H and O–H groups in total. The number of hydrogen-bond donors (Lipinski definition) is 2. The van der Waals surface area contributed by atoms with Crippen molar-refractivity contribution in [1.29, 1.82) is 0 Å². The van der Waals surface area contributed by atoms with Gasteiger partial charge in [0.05, 0.1) is 12.3 Å². The Morgan fingerprint density at radius 1 is 1.33 bits per heavy atom. The van der Waals surface area contributed by atoms with Crippen LogP contribution in [0.2, 0.25) is 0 Å². The van der Waals surface area contributed by atoms with E-state index in [-0.39, 0.29) is 24.2 Å². The van der Waals surface area contributed by atoms with Gasteiger partial charge in [-0.15, -0.1) is 0 Å². The maximum atomic E-state index is 11.5. The van der Waals surface area contributed by atoms with Crippen LogP contribution in [0.4, 0.5) is 0 Å². The Balaban J connectivity index is 2.03. The fraction of sp³-hybridized carbons (Fsp3) is 0.909. The molecule has 1 heterocycles. The molecular formula is C11H22N2O4S. The van der Waals surface area contributed by atoms with Crippen LogP contribution in [0, 0.1) is 0 Å². The quantitative estimate of drug-likeness (QED) is 0.602. The van der Waals surface area contributed by atoms with Crippen molar-refractivity contribution < 1.29 is 17.9 Å². The fourth-order valence-electron chi connectivity index (χ4n) is 1.78. The summed E-state index contributed by atoms with van der Waals surface area (Å²) in [5, 5.41) is 5.87. The third kappa shape index (κ3) is 7.62. The fourth-order valence-corrected chi connectivity index (χ4v) is 2.45. The van der Waals surface area contributed by atoms with Crippen molar-refractivity contribution in [3.05, 3.63) is 0 Å². The van der Waals surface area contributed by atoms with Gasteiger partial charge in [-0.1, -0.05) is 0 Å². The summed E-state index contributed by atoms with van der Waals surface area (Å²) in [5.74, 6) is 0.114. The molecule has 0 saturated carbocycles. The molecule has 7 heteroatoms. The first kappa shape index (κ1) is 15.4. The molecule has 1 saturated heterocycles. The molecule has 1 fully saturated rings. The topological polar surface area (TPSA) is 84.5 Å². The summed E-state index contributed by atoms with van der Waals surface area (Å²) in [6.45, 7) is 2.18. The monoisotopic (exact) mass is 278 g/mol. The highest BCUT2D eigenvalue weighted by atomic mass is 32.2. The zero-order chi connectivity index (χ0) is 13.4. The van der Waals surface area contributed by atoms with E-state index in [1.54, 1.807) is 0 Å². The predicted octanol–water partition coefficient (Wildman–Crippen LogP) is -0.694. The van der Waals surface area contributed by atoms with E-state index in [0.717, 1.165) is 12.8 Å². The SMILES string of the molecule is CS(=O)(=O)CCCNCC(=O)NC1CCOCC1. The zero-order valence-electron chi connectivity index (χ0n) is 10.8. The molecule has 6 nitrogen and oxygen atoms in total. The summed E-state index contributed by atoms with van der Waals surface area (Å²) in [6, 6.07) is 0.212. The number of carbonyl (C=O) groups is 1. The summed E-state index contributed by atoms with van der Waals surface area (Å²) in [6.07, 6.45) is 3.47. The van der Waals surface area contributed by atoms with Crippen LogP contribution in [0.1, 0.15) is 19.3 Å². The lowest BCUT2D eigenvalue weighted by atomic mass is 10.1. The van der Waals surface area contributed by atoms with E-state index in [2.05, 4.69) is 10.6 Å². The van der Waals surface area contributed by atoms with Gasteiger partial charge in [0, 0.05) is 25.5 Å². The van der Waals surface area contributed by atoms with Crippen LogP contribution in [0.15, 0.2) is 0 Å². The standard InChI is InChI=1S/C11H22N2O4S/c1-18(15,16)8-2-5-12-9-11(14)13-10-3-6-17-7-4-10/h10,12H,2-9H2,1H3,(H,13,14). The third-order valence-corrected chi connectivity index (χ3v) is 3.77. The van der Waals surface area contributed by atoms with Gasteiger partial charge >= 0.3 is 0 Å². The van der Waals surface area contributed by atoms with Gasteiger partial charge in [0.1, 0.15) is 9.84 Å². The van der Waals surface area contributed by atoms with Crippen LogP contribution in [-0.4, -0.2) is 58.7 Å². The third-order valence-electron chi connectivity index (χ3n) is 2.74. The second kappa shape index (κ2) is 7.70. The number of sulfone groups is 1. The molecule has 0 aromatic carbocycles. The summed E-state index contributed by atoms with van der Waals surface area (Å²) >= 11 is 0. The van der Waals surface area contributed by atoms with Gasteiger partial charge in [-0.2, -0.15) is 0 Å². The van der Waals surface area contributed by atoms with Gasteiger partial charge in [0.2, 0.25) is 5.91 Å². The predicted molar refractivity (Wildman–Crippen MR) is 69.2 cm³/mol. The first-order valence-electron chi connectivity index (χ1n) is 6.23. The molecule has 0 radical (unpaired) electrons. The first-order valence-corrected chi connectivity index (χ1v) is 8.29. The van der Waals surface area contributed by atoms with Crippen LogP contribution < -0.4 is 10.6 Å². The Hall–Kier alpha value is -0.660. The molecule has 0 unspecified atom stereocenters. The second-order valence-electron chi connectivity index (χ2n) is 4.61. The van der Waals surface area contributed by atoms with Crippen molar-refractivity contribution in [3.63, 3.8) is 0 Å². The highest BCUT2D eigenvalue weighted by Crippen LogP contribution is 2.05. The van der Waals surface area contributed by atoms with E-state index in [9.17, 15) is 13.2 Å². The summed E-state index contributed by atoms with van der Waals surface area (Å²) in [5.41, 5.74) is 0. The summed E-state index contributed by atoms with van der Waals surface area (Å²) in [7, 11) is -2.90. The van der Waals surface area contributed by atoms with Crippen LogP contribution in [-0.2, 0) is 19.4 Å². The molecule has 0 aromatic heterocycles. The van der Waals surface area contributed by atoms with Gasteiger partial charge in [0.15, 0.2) is 0 Å². The maximum Gasteiger partial charge on any atom is 0.234 e. The van der Waals surface area contributed by atoms with Crippen molar-refractivity contribution in [3.8, 4) is 0 Å². The normalized spacial score (nSPS) is 17.6. The van der Waals surface area contributed by atoms with Gasteiger partial charge in [-0.05, 0) is 25.8 Å². The van der Waals surface area contributed by atoms with E-state index in [0.29, 0.717) is 26.2 Å². The van der Waals surface area contributed by atoms with Gasteiger partial charge in [-0.25, -0.2) is 8.42 Å². The Bertz CT molecular complexity index is 350. The number of ether oxygens (including phenoxy) is 1. The zero-order valence-corrected chi connectivity index (χ0v) is 11.6. The smallest absolute Gasteiger partial charge is 0.234 e. The minimum Gasteiger partial charge on any atom is -0.381 e. The lowest BCUT2D eigenvalue weighted by molar-refractivity contribution is -0.121. The Labute approximate surface area is 108 Å². The van der Waals surface area contributed by atoms with Gasteiger partial charge < -0.3 is 15.4 Å². The Morgan fingerprint density at radius 3 is 2.61 bits per heavy atom. The van der Waals surface area contributed by atoms with Crippen LogP contribution >= 0.6 is 0 Å². The number of hydrogen-bond acceptors (Lipinski definition) is 5. The molecule has 0 aliphatic carbocycles. The molecule has 106 valence electrons. The summed E-state index contributed by atoms with van der Waals surface area (Å²) in [4.78, 5) is 11.5. The van der Waals surface area contributed by atoms with E-state index in [1.165, 1.54) is 6.26 Å². The van der Waals surface area contributed by atoms with Crippen molar-refractivity contribution in [1.82, 2.24) is 10.6 Å². The Morgan fingerprint density at radius 2 is 2.00 bits per heavy atom. The molecule has 1 aliphatic heterocycles. The van der Waals surface area contributed by atoms with Crippen molar-refractivity contribution >= 4 is 15.7 Å². The molecule has 0 atom stereocenters. The lowest BCUT2D eigenvalue weighted by Crippen LogP contribution is -2.43. The molecule has 0 spiro atoms. The average Bonchev–Trinajstić information content (AvgIpc) is 2.28. The minimum atomic E-state index is -2.90. The molecule has 0 aromatic rings. The number of nitrogens with one attached hydrogen (secondary N) is 2. The number of carbonyl (C=O) groups excluding carboxylic acids is 1. The largest absolute Gasteiger partial charge is 0.381 e. The number of rotatable bonds is 7.